The summed E-state index contributed by atoms with van der Waals surface area (Å²) in [5.74, 6) is 0. The first kappa shape index (κ1) is 17.1. The minimum atomic E-state index is -0.494. The monoisotopic (exact) mass is 265 g/mol. The predicted octanol–water partition coefficient (Wildman–Crippen LogP) is 1.86. The highest BCUT2D eigenvalue weighted by molar-refractivity contribution is 5.67. The molecular weight excluding hydrogens is 241 g/mol. The molecule has 0 radical (unpaired) electrons. The van der Waals surface area contributed by atoms with Gasteiger partial charge in [-0.3, -0.25) is 0 Å². The summed E-state index contributed by atoms with van der Waals surface area (Å²) in [6.07, 6.45) is -0.375. The zero-order valence-electron chi connectivity index (χ0n) is 11.7. The standard InChI is InChI=1S/C12H24FNO4/c1-12(2,3)18-11(15)14(4)6-8-17-10-9-16-7-5-13/h5-10H2,1-4H3. The smallest absolute Gasteiger partial charge is 0.410 e. The summed E-state index contributed by atoms with van der Waals surface area (Å²) >= 11 is 0. The molecule has 18 heavy (non-hydrogen) atoms. The normalized spacial score (nSPS) is 11.4. The second-order valence-corrected chi connectivity index (χ2v) is 4.82. The van der Waals surface area contributed by atoms with Crippen LogP contribution in [-0.2, 0) is 14.2 Å². The molecule has 0 aliphatic carbocycles. The first-order chi connectivity index (χ1) is 8.37. The first-order valence-corrected chi connectivity index (χ1v) is 6.02. The van der Waals surface area contributed by atoms with Gasteiger partial charge in [0.05, 0.1) is 26.4 Å². The van der Waals surface area contributed by atoms with E-state index in [1.165, 1.54) is 4.90 Å². The minimum Gasteiger partial charge on any atom is -0.444 e. The highest BCUT2D eigenvalue weighted by Crippen LogP contribution is 2.08. The molecule has 0 aromatic carbocycles. The second kappa shape index (κ2) is 9.10. The highest BCUT2D eigenvalue weighted by atomic mass is 19.1. The van der Waals surface area contributed by atoms with E-state index in [-0.39, 0.29) is 12.7 Å². The maximum Gasteiger partial charge on any atom is 0.410 e. The van der Waals surface area contributed by atoms with Crippen molar-refractivity contribution >= 4 is 6.09 Å². The van der Waals surface area contributed by atoms with Crippen LogP contribution in [0.3, 0.4) is 0 Å². The van der Waals surface area contributed by atoms with Crippen molar-refractivity contribution in [1.29, 1.82) is 0 Å². The van der Waals surface area contributed by atoms with Gasteiger partial charge in [0.2, 0.25) is 0 Å². The number of likely N-dealkylation sites (N-methyl/N-ethyl adjacent to an activating group) is 1. The molecule has 108 valence electrons. The van der Waals surface area contributed by atoms with Crippen molar-refractivity contribution in [3.8, 4) is 0 Å². The molecule has 0 heterocycles. The third kappa shape index (κ3) is 10.3. The van der Waals surface area contributed by atoms with Gasteiger partial charge in [0.25, 0.3) is 0 Å². The van der Waals surface area contributed by atoms with Crippen molar-refractivity contribution < 1.29 is 23.4 Å². The van der Waals surface area contributed by atoms with Gasteiger partial charge in [-0.25, -0.2) is 9.18 Å². The van der Waals surface area contributed by atoms with Gasteiger partial charge in [-0.1, -0.05) is 0 Å². The Morgan fingerprint density at radius 3 is 2.17 bits per heavy atom. The average Bonchev–Trinajstić information content (AvgIpc) is 2.25. The van der Waals surface area contributed by atoms with Gasteiger partial charge in [-0.15, -0.1) is 0 Å². The number of hydrogen-bond acceptors (Lipinski definition) is 4. The third-order valence-electron chi connectivity index (χ3n) is 1.87. The molecule has 0 spiro atoms. The predicted molar refractivity (Wildman–Crippen MR) is 66.5 cm³/mol. The van der Waals surface area contributed by atoms with Gasteiger partial charge in [0, 0.05) is 13.6 Å². The van der Waals surface area contributed by atoms with Crippen LogP contribution in [-0.4, -0.2) is 63.3 Å². The van der Waals surface area contributed by atoms with Crippen molar-refractivity contribution in [3.63, 3.8) is 0 Å². The Hall–Kier alpha value is -0.880. The Morgan fingerprint density at radius 1 is 1.11 bits per heavy atom. The average molecular weight is 265 g/mol. The van der Waals surface area contributed by atoms with Crippen LogP contribution in [0, 0.1) is 0 Å². The number of carbonyl (C=O) groups is 1. The Balaban J connectivity index is 3.52. The third-order valence-corrected chi connectivity index (χ3v) is 1.87. The van der Waals surface area contributed by atoms with E-state index in [1.54, 1.807) is 7.05 Å². The lowest BCUT2D eigenvalue weighted by molar-refractivity contribution is 0.0149. The van der Waals surface area contributed by atoms with E-state index >= 15 is 0 Å². The number of rotatable bonds is 8. The molecule has 0 aliphatic heterocycles. The maximum atomic E-state index is 11.7. The summed E-state index contributed by atoms with van der Waals surface area (Å²) in [6.45, 7) is 6.66. The summed E-state index contributed by atoms with van der Waals surface area (Å²) in [5, 5.41) is 0. The van der Waals surface area contributed by atoms with Crippen molar-refractivity contribution in [3.05, 3.63) is 0 Å². The van der Waals surface area contributed by atoms with Gasteiger partial charge in [0.15, 0.2) is 0 Å². The molecule has 0 aromatic heterocycles. The molecule has 0 aliphatic rings. The molecule has 0 bridgehead atoms. The van der Waals surface area contributed by atoms with Crippen LogP contribution in [0.4, 0.5) is 9.18 Å². The second-order valence-electron chi connectivity index (χ2n) is 4.82. The topological polar surface area (TPSA) is 48.0 Å². The van der Waals surface area contributed by atoms with Gasteiger partial charge in [-0.05, 0) is 20.8 Å². The van der Waals surface area contributed by atoms with Crippen LogP contribution >= 0.6 is 0 Å². The van der Waals surface area contributed by atoms with Crippen molar-refractivity contribution in [1.82, 2.24) is 4.90 Å². The molecule has 0 N–H and O–H groups in total. The molecule has 6 heteroatoms. The molecule has 0 atom stereocenters. The Morgan fingerprint density at radius 2 is 1.67 bits per heavy atom. The van der Waals surface area contributed by atoms with Crippen LogP contribution in [0.25, 0.3) is 0 Å². The molecule has 0 saturated carbocycles. The number of nitrogens with zero attached hydrogens (tertiary/aromatic N) is 1. The largest absolute Gasteiger partial charge is 0.444 e. The van der Waals surface area contributed by atoms with Crippen LogP contribution < -0.4 is 0 Å². The molecule has 5 nitrogen and oxygen atoms in total. The van der Waals surface area contributed by atoms with Gasteiger partial charge in [0.1, 0.15) is 12.3 Å². The van der Waals surface area contributed by atoms with Crippen molar-refractivity contribution in [2.24, 2.45) is 0 Å². The molecule has 0 aromatic rings. The lowest BCUT2D eigenvalue weighted by atomic mass is 10.2. The summed E-state index contributed by atoms with van der Waals surface area (Å²) in [6, 6.07) is 0. The highest BCUT2D eigenvalue weighted by Gasteiger charge is 2.19. The molecule has 0 saturated heterocycles. The van der Waals surface area contributed by atoms with E-state index in [9.17, 15) is 9.18 Å². The van der Waals surface area contributed by atoms with E-state index in [0.29, 0.717) is 26.4 Å². The summed E-state index contributed by atoms with van der Waals surface area (Å²) in [7, 11) is 1.65. The fraction of sp³-hybridized carbons (Fsp3) is 0.917. The molecule has 0 rings (SSSR count). The zero-order valence-corrected chi connectivity index (χ0v) is 11.7. The van der Waals surface area contributed by atoms with Crippen LogP contribution in [0.15, 0.2) is 0 Å². The number of alkyl halides is 1. The Labute approximate surface area is 108 Å². The Bertz CT molecular complexity index is 231. The van der Waals surface area contributed by atoms with Crippen LogP contribution in [0.2, 0.25) is 0 Å². The summed E-state index contributed by atoms with van der Waals surface area (Å²) < 4.78 is 27.0. The minimum absolute atomic E-state index is 0.0984. The maximum absolute atomic E-state index is 11.7. The number of hydrogen-bond donors (Lipinski definition) is 0. The van der Waals surface area contributed by atoms with Crippen LogP contribution in [0.5, 0.6) is 0 Å². The number of halogens is 1. The van der Waals surface area contributed by atoms with E-state index in [1.807, 2.05) is 20.8 Å². The molecule has 0 fully saturated rings. The van der Waals surface area contributed by atoms with E-state index in [4.69, 9.17) is 14.2 Å². The number of carbonyl (C=O) groups excluding carboxylic acids is 1. The molecule has 1 amide bonds. The molecular formula is C12H24FNO4. The summed E-state index contributed by atoms with van der Waals surface area (Å²) in [5.41, 5.74) is -0.494. The molecule has 0 unspecified atom stereocenters. The lowest BCUT2D eigenvalue weighted by Crippen LogP contribution is -2.36. The van der Waals surface area contributed by atoms with Crippen LogP contribution in [0.1, 0.15) is 20.8 Å². The quantitative estimate of drug-likeness (QED) is 0.628. The number of ether oxygens (including phenoxy) is 3. The van der Waals surface area contributed by atoms with E-state index in [0.717, 1.165) is 0 Å². The lowest BCUT2D eigenvalue weighted by Gasteiger charge is -2.24. The fourth-order valence-electron chi connectivity index (χ4n) is 1.01. The van der Waals surface area contributed by atoms with Gasteiger partial charge < -0.3 is 19.1 Å². The van der Waals surface area contributed by atoms with Gasteiger partial charge >= 0.3 is 6.09 Å². The van der Waals surface area contributed by atoms with Gasteiger partial charge in [-0.2, -0.15) is 0 Å². The summed E-state index contributed by atoms with van der Waals surface area (Å²) in [4.78, 5) is 13.0. The van der Waals surface area contributed by atoms with Crippen molar-refractivity contribution in [2.45, 2.75) is 26.4 Å². The fourth-order valence-corrected chi connectivity index (χ4v) is 1.01. The zero-order chi connectivity index (χ0) is 14.0. The Kier molecular flexibility index (Phi) is 8.66. The van der Waals surface area contributed by atoms with Crippen molar-refractivity contribution in [2.75, 3.05) is 46.7 Å². The van der Waals surface area contributed by atoms with E-state index < -0.39 is 12.3 Å². The van der Waals surface area contributed by atoms with E-state index in [2.05, 4.69) is 0 Å². The SMILES string of the molecule is CN(CCOCCOCCF)C(=O)OC(C)(C)C. The first-order valence-electron chi connectivity index (χ1n) is 6.02. The number of amides is 1.